The van der Waals surface area contributed by atoms with Gasteiger partial charge in [0.15, 0.2) is 0 Å². The fourth-order valence-electron chi connectivity index (χ4n) is 1.97. The van der Waals surface area contributed by atoms with Crippen LogP contribution in [0.25, 0.3) is 11.0 Å². The van der Waals surface area contributed by atoms with Gasteiger partial charge in [0.1, 0.15) is 11.0 Å². The van der Waals surface area contributed by atoms with Crippen molar-refractivity contribution in [1.82, 2.24) is 15.0 Å². The van der Waals surface area contributed by atoms with E-state index in [0.717, 1.165) is 0 Å². The minimum atomic E-state index is -1.02. The number of carboxylic acids is 1. The summed E-state index contributed by atoms with van der Waals surface area (Å²) >= 11 is 0. The summed E-state index contributed by atoms with van der Waals surface area (Å²) in [7, 11) is 0. The Morgan fingerprint density at radius 1 is 1.44 bits per heavy atom. The van der Waals surface area contributed by atoms with Gasteiger partial charge < -0.3 is 10.2 Å². The van der Waals surface area contributed by atoms with Crippen LogP contribution in [0.5, 0.6) is 0 Å². The highest BCUT2D eigenvalue weighted by molar-refractivity contribution is 6.00. The van der Waals surface area contributed by atoms with E-state index < -0.39 is 5.97 Å². The number of rotatable bonds is 4. The molecule has 6 heteroatoms. The second-order valence-corrected chi connectivity index (χ2v) is 4.51. The molecule has 0 aliphatic heterocycles. The normalized spacial score (nSPS) is 13.1. The standard InChI is InChI=1S/C12H15N3O3/c1-7(2)10(6-16)15-11-8(12(17)18)4-3-5-9(11)13-14-15/h3-5,7,10,16H,6H2,1-2H3,(H,17,18). The summed E-state index contributed by atoms with van der Waals surface area (Å²) in [6.07, 6.45) is 0. The highest BCUT2D eigenvalue weighted by Gasteiger charge is 2.22. The summed E-state index contributed by atoms with van der Waals surface area (Å²) in [5.41, 5.74) is 1.13. The summed E-state index contributed by atoms with van der Waals surface area (Å²) in [6.45, 7) is 3.78. The van der Waals surface area contributed by atoms with Crippen molar-refractivity contribution >= 4 is 17.0 Å². The lowest BCUT2D eigenvalue weighted by Gasteiger charge is -2.19. The van der Waals surface area contributed by atoms with Crippen LogP contribution in [0.2, 0.25) is 0 Å². The van der Waals surface area contributed by atoms with Crippen molar-refractivity contribution in [3.05, 3.63) is 23.8 Å². The van der Waals surface area contributed by atoms with E-state index in [-0.39, 0.29) is 24.1 Å². The predicted octanol–water partition coefficient (Wildman–Crippen LogP) is 1.32. The monoisotopic (exact) mass is 249 g/mol. The SMILES string of the molecule is CC(C)C(CO)n1nnc2cccc(C(=O)O)c21. The number of carbonyl (C=O) groups is 1. The minimum absolute atomic E-state index is 0.107. The van der Waals surface area contributed by atoms with Crippen molar-refractivity contribution < 1.29 is 15.0 Å². The number of para-hydroxylation sites is 1. The zero-order chi connectivity index (χ0) is 13.3. The Morgan fingerprint density at radius 2 is 2.17 bits per heavy atom. The van der Waals surface area contributed by atoms with Gasteiger partial charge in [-0.25, -0.2) is 9.48 Å². The molecule has 1 aromatic carbocycles. The number of aliphatic hydroxyl groups is 1. The molecule has 18 heavy (non-hydrogen) atoms. The molecule has 96 valence electrons. The zero-order valence-electron chi connectivity index (χ0n) is 10.2. The molecule has 0 amide bonds. The molecular weight excluding hydrogens is 234 g/mol. The molecule has 0 radical (unpaired) electrons. The van der Waals surface area contributed by atoms with Gasteiger partial charge in [0.05, 0.1) is 18.2 Å². The first-order chi connectivity index (χ1) is 8.56. The van der Waals surface area contributed by atoms with Crippen LogP contribution in [-0.4, -0.2) is 37.8 Å². The number of fused-ring (bicyclic) bond motifs is 1. The second kappa shape index (κ2) is 4.73. The molecular formula is C12H15N3O3. The van der Waals surface area contributed by atoms with Gasteiger partial charge in [-0.3, -0.25) is 0 Å². The van der Waals surface area contributed by atoms with Gasteiger partial charge in [0, 0.05) is 0 Å². The smallest absolute Gasteiger partial charge is 0.337 e. The Kier molecular flexibility index (Phi) is 3.29. The third-order valence-corrected chi connectivity index (χ3v) is 2.99. The largest absolute Gasteiger partial charge is 0.478 e. The fourth-order valence-corrected chi connectivity index (χ4v) is 1.97. The van der Waals surface area contributed by atoms with E-state index >= 15 is 0 Å². The van der Waals surface area contributed by atoms with Gasteiger partial charge in [-0.05, 0) is 18.1 Å². The Hall–Kier alpha value is -1.95. The van der Waals surface area contributed by atoms with E-state index in [9.17, 15) is 15.0 Å². The zero-order valence-corrected chi connectivity index (χ0v) is 10.2. The van der Waals surface area contributed by atoms with E-state index in [1.807, 2.05) is 13.8 Å². The van der Waals surface area contributed by atoms with Crippen molar-refractivity contribution in [2.45, 2.75) is 19.9 Å². The first kappa shape index (κ1) is 12.5. The minimum Gasteiger partial charge on any atom is -0.478 e. The number of nitrogens with zero attached hydrogens (tertiary/aromatic N) is 3. The van der Waals surface area contributed by atoms with Gasteiger partial charge in [0.2, 0.25) is 0 Å². The van der Waals surface area contributed by atoms with Crippen molar-refractivity contribution in [3.8, 4) is 0 Å². The maximum absolute atomic E-state index is 11.2. The molecule has 2 N–H and O–H groups in total. The second-order valence-electron chi connectivity index (χ2n) is 4.51. The number of carboxylic acid groups (broad SMARTS) is 1. The van der Waals surface area contributed by atoms with Gasteiger partial charge in [-0.15, -0.1) is 5.10 Å². The fraction of sp³-hybridized carbons (Fsp3) is 0.417. The number of hydrogen-bond donors (Lipinski definition) is 2. The van der Waals surface area contributed by atoms with Gasteiger partial charge in [-0.1, -0.05) is 25.1 Å². The summed E-state index contributed by atoms with van der Waals surface area (Å²) in [6, 6.07) is 4.57. The van der Waals surface area contributed by atoms with Crippen LogP contribution >= 0.6 is 0 Å². The predicted molar refractivity (Wildman–Crippen MR) is 65.4 cm³/mol. The van der Waals surface area contributed by atoms with E-state index in [0.29, 0.717) is 11.0 Å². The maximum Gasteiger partial charge on any atom is 0.337 e. The number of benzene rings is 1. The number of aromatic carboxylic acids is 1. The molecule has 1 aromatic heterocycles. The summed E-state index contributed by atoms with van der Waals surface area (Å²) in [5, 5.41) is 26.5. The molecule has 0 saturated heterocycles. The average Bonchev–Trinajstić information content (AvgIpc) is 2.73. The molecule has 0 aliphatic carbocycles. The summed E-state index contributed by atoms with van der Waals surface area (Å²) < 4.78 is 1.50. The van der Waals surface area contributed by atoms with Crippen LogP contribution < -0.4 is 0 Å². The van der Waals surface area contributed by atoms with Crippen LogP contribution in [0.1, 0.15) is 30.2 Å². The van der Waals surface area contributed by atoms with Gasteiger partial charge in [-0.2, -0.15) is 0 Å². The van der Waals surface area contributed by atoms with Crippen molar-refractivity contribution in [2.75, 3.05) is 6.61 Å². The molecule has 1 unspecified atom stereocenters. The molecule has 6 nitrogen and oxygen atoms in total. The van der Waals surface area contributed by atoms with Crippen LogP contribution in [0, 0.1) is 5.92 Å². The lowest BCUT2D eigenvalue weighted by atomic mass is 10.0. The molecule has 2 rings (SSSR count). The van der Waals surface area contributed by atoms with Gasteiger partial charge >= 0.3 is 5.97 Å². The first-order valence-electron chi connectivity index (χ1n) is 5.74. The van der Waals surface area contributed by atoms with Crippen molar-refractivity contribution in [3.63, 3.8) is 0 Å². The number of hydrogen-bond acceptors (Lipinski definition) is 4. The summed E-state index contributed by atoms with van der Waals surface area (Å²) in [4.78, 5) is 11.2. The van der Waals surface area contributed by atoms with Crippen LogP contribution in [0.15, 0.2) is 18.2 Å². The highest BCUT2D eigenvalue weighted by Crippen LogP contribution is 2.24. The van der Waals surface area contributed by atoms with Crippen LogP contribution in [-0.2, 0) is 0 Å². The quantitative estimate of drug-likeness (QED) is 0.853. The van der Waals surface area contributed by atoms with E-state index in [1.54, 1.807) is 12.1 Å². The van der Waals surface area contributed by atoms with E-state index in [2.05, 4.69) is 10.3 Å². The third kappa shape index (κ3) is 1.95. The molecule has 0 aliphatic rings. The lowest BCUT2D eigenvalue weighted by Crippen LogP contribution is -2.21. The van der Waals surface area contributed by atoms with Crippen LogP contribution in [0.4, 0.5) is 0 Å². The van der Waals surface area contributed by atoms with E-state index in [4.69, 9.17) is 0 Å². The number of aliphatic hydroxyl groups excluding tert-OH is 1. The molecule has 0 spiro atoms. The van der Waals surface area contributed by atoms with Crippen molar-refractivity contribution in [1.29, 1.82) is 0 Å². The molecule has 2 aromatic rings. The molecule has 0 fully saturated rings. The maximum atomic E-state index is 11.2. The average molecular weight is 249 g/mol. The third-order valence-electron chi connectivity index (χ3n) is 2.99. The lowest BCUT2D eigenvalue weighted by molar-refractivity contribution is 0.0698. The van der Waals surface area contributed by atoms with E-state index in [1.165, 1.54) is 10.7 Å². The van der Waals surface area contributed by atoms with Gasteiger partial charge in [0.25, 0.3) is 0 Å². The molecule has 0 bridgehead atoms. The number of aromatic nitrogens is 3. The molecule has 0 saturated carbocycles. The molecule has 1 heterocycles. The van der Waals surface area contributed by atoms with Crippen LogP contribution in [0.3, 0.4) is 0 Å². The topological polar surface area (TPSA) is 88.2 Å². The Balaban J connectivity index is 2.68. The Labute approximate surface area is 104 Å². The Bertz CT molecular complexity index is 577. The molecule has 1 atom stereocenters. The van der Waals surface area contributed by atoms with Crippen molar-refractivity contribution in [2.24, 2.45) is 5.92 Å². The Morgan fingerprint density at radius 3 is 2.72 bits per heavy atom. The first-order valence-corrected chi connectivity index (χ1v) is 5.74. The summed E-state index contributed by atoms with van der Waals surface area (Å²) in [5.74, 6) is -0.897. The highest BCUT2D eigenvalue weighted by atomic mass is 16.4.